The molecule has 0 aliphatic heterocycles. The number of hydrogen-bond acceptors (Lipinski definition) is 2. The number of carbonyl (C=O) groups is 2. The molecule has 2 unspecified atom stereocenters. The number of hydrogen-bond donors (Lipinski definition) is 3. The summed E-state index contributed by atoms with van der Waals surface area (Å²) in [4.78, 5) is 25.7. The van der Waals surface area contributed by atoms with Gasteiger partial charge in [0.1, 0.15) is 5.82 Å². The van der Waals surface area contributed by atoms with Crippen LogP contribution < -0.4 is 5.32 Å². The molecule has 0 saturated heterocycles. The van der Waals surface area contributed by atoms with Crippen molar-refractivity contribution in [3.05, 3.63) is 35.8 Å². The van der Waals surface area contributed by atoms with E-state index >= 15 is 0 Å². The minimum atomic E-state index is -0.953. The second-order valence-electron chi connectivity index (χ2n) is 5.16. The Morgan fingerprint density at radius 1 is 1.38 bits per heavy atom. The molecule has 1 aromatic heterocycles. The van der Waals surface area contributed by atoms with Crippen LogP contribution in [0.1, 0.15) is 19.4 Å². The predicted molar refractivity (Wildman–Crippen MR) is 76.4 cm³/mol. The maximum Gasteiger partial charge on any atom is 0.308 e. The molecule has 2 rings (SSSR count). The number of amides is 1. The van der Waals surface area contributed by atoms with Gasteiger partial charge in [0.25, 0.3) is 0 Å². The summed E-state index contributed by atoms with van der Waals surface area (Å²) in [7, 11) is 0. The third-order valence-corrected chi connectivity index (χ3v) is 3.61. The second-order valence-corrected chi connectivity index (χ2v) is 5.16. The minimum Gasteiger partial charge on any atom is -0.481 e. The van der Waals surface area contributed by atoms with Crippen LogP contribution in [-0.2, 0) is 16.0 Å². The first-order chi connectivity index (χ1) is 9.88. The lowest BCUT2D eigenvalue weighted by Crippen LogP contribution is -2.40. The van der Waals surface area contributed by atoms with E-state index in [0.717, 1.165) is 10.9 Å². The van der Waals surface area contributed by atoms with Gasteiger partial charge in [-0.2, -0.15) is 0 Å². The largest absolute Gasteiger partial charge is 0.481 e. The molecule has 6 heteroatoms. The average Bonchev–Trinajstić information content (AvgIpc) is 2.79. The number of rotatable bonds is 5. The number of carboxylic acid groups (broad SMARTS) is 1. The van der Waals surface area contributed by atoms with E-state index in [9.17, 15) is 14.0 Å². The van der Waals surface area contributed by atoms with Crippen LogP contribution in [0.15, 0.2) is 24.4 Å². The van der Waals surface area contributed by atoms with Crippen LogP contribution in [0, 0.1) is 11.7 Å². The molecule has 0 saturated carbocycles. The maximum absolute atomic E-state index is 13.1. The van der Waals surface area contributed by atoms with Crippen LogP contribution in [0.25, 0.3) is 10.9 Å². The van der Waals surface area contributed by atoms with Crippen LogP contribution in [0.5, 0.6) is 0 Å². The molecule has 2 atom stereocenters. The molecule has 3 N–H and O–H groups in total. The van der Waals surface area contributed by atoms with Crippen molar-refractivity contribution in [3.8, 4) is 0 Å². The normalized spacial score (nSPS) is 13.9. The Balaban J connectivity index is 2.06. The summed E-state index contributed by atoms with van der Waals surface area (Å²) in [6.07, 6.45) is 1.78. The fourth-order valence-electron chi connectivity index (χ4n) is 2.12. The zero-order valence-electron chi connectivity index (χ0n) is 11.8. The minimum absolute atomic E-state index is 0.113. The highest BCUT2D eigenvalue weighted by Crippen LogP contribution is 2.19. The molecule has 21 heavy (non-hydrogen) atoms. The van der Waals surface area contributed by atoms with E-state index in [1.165, 1.54) is 12.1 Å². The Bertz CT molecular complexity index is 681. The van der Waals surface area contributed by atoms with Gasteiger partial charge in [-0.25, -0.2) is 4.39 Å². The topological polar surface area (TPSA) is 82.2 Å². The average molecular weight is 292 g/mol. The smallest absolute Gasteiger partial charge is 0.308 e. The van der Waals surface area contributed by atoms with Gasteiger partial charge >= 0.3 is 5.97 Å². The number of aromatic amines is 1. The highest BCUT2D eigenvalue weighted by molar-refractivity contribution is 5.89. The van der Waals surface area contributed by atoms with Crippen LogP contribution in [0.3, 0.4) is 0 Å². The maximum atomic E-state index is 13.1. The molecule has 0 spiro atoms. The van der Waals surface area contributed by atoms with Gasteiger partial charge in [0.05, 0.1) is 12.3 Å². The third-order valence-electron chi connectivity index (χ3n) is 3.61. The van der Waals surface area contributed by atoms with Gasteiger partial charge in [-0.05, 0) is 37.6 Å². The van der Waals surface area contributed by atoms with Gasteiger partial charge in [-0.15, -0.1) is 0 Å². The van der Waals surface area contributed by atoms with Crippen molar-refractivity contribution in [2.45, 2.75) is 26.3 Å². The van der Waals surface area contributed by atoms with E-state index in [2.05, 4.69) is 10.3 Å². The van der Waals surface area contributed by atoms with Crippen molar-refractivity contribution in [1.29, 1.82) is 0 Å². The number of nitrogens with one attached hydrogen (secondary N) is 2. The molecule has 1 amide bonds. The Hall–Kier alpha value is -2.37. The van der Waals surface area contributed by atoms with E-state index in [4.69, 9.17) is 5.11 Å². The first kappa shape index (κ1) is 15.0. The van der Waals surface area contributed by atoms with E-state index in [1.807, 2.05) is 0 Å². The summed E-state index contributed by atoms with van der Waals surface area (Å²) in [6, 6.07) is 3.86. The molecule has 1 aromatic carbocycles. The molecule has 0 radical (unpaired) electrons. The quantitative estimate of drug-likeness (QED) is 0.789. The first-order valence-corrected chi connectivity index (χ1v) is 6.66. The number of halogens is 1. The molecular formula is C15H17FN2O3. The number of carboxylic acids is 1. The molecule has 0 aliphatic carbocycles. The summed E-state index contributed by atoms with van der Waals surface area (Å²) in [5.74, 6) is -2.22. The van der Waals surface area contributed by atoms with Gasteiger partial charge in [0, 0.05) is 23.1 Å². The highest BCUT2D eigenvalue weighted by atomic mass is 19.1. The standard InChI is InChI=1S/C15H17FN2O3/c1-8(15(20)21)9(2)18-14(19)5-10-7-17-13-6-11(16)3-4-12(10)13/h3-4,6-9,17H,5H2,1-2H3,(H,18,19)(H,20,21). The number of H-pyrrole nitrogens is 1. The van der Waals surface area contributed by atoms with Crippen LogP contribution in [0.2, 0.25) is 0 Å². The number of benzene rings is 1. The SMILES string of the molecule is CC(NC(=O)Cc1c[nH]c2cc(F)ccc12)C(C)C(=O)O. The zero-order chi connectivity index (χ0) is 15.6. The van der Waals surface area contributed by atoms with E-state index < -0.39 is 17.9 Å². The van der Waals surface area contributed by atoms with Crippen molar-refractivity contribution in [3.63, 3.8) is 0 Å². The molecule has 112 valence electrons. The lowest BCUT2D eigenvalue weighted by molar-refractivity contribution is -0.142. The van der Waals surface area contributed by atoms with Crippen molar-refractivity contribution in [2.24, 2.45) is 5.92 Å². The van der Waals surface area contributed by atoms with Crippen molar-refractivity contribution in [1.82, 2.24) is 10.3 Å². The van der Waals surface area contributed by atoms with Crippen molar-refractivity contribution in [2.75, 3.05) is 0 Å². The fourth-order valence-corrected chi connectivity index (χ4v) is 2.12. The van der Waals surface area contributed by atoms with Crippen molar-refractivity contribution < 1.29 is 19.1 Å². The second kappa shape index (κ2) is 5.95. The van der Waals surface area contributed by atoms with Gasteiger partial charge in [0.2, 0.25) is 5.91 Å². The highest BCUT2D eigenvalue weighted by Gasteiger charge is 2.21. The monoisotopic (exact) mass is 292 g/mol. The third kappa shape index (κ3) is 3.39. The van der Waals surface area contributed by atoms with Crippen molar-refractivity contribution >= 4 is 22.8 Å². The van der Waals surface area contributed by atoms with E-state index in [-0.39, 0.29) is 18.1 Å². The zero-order valence-corrected chi connectivity index (χ0v) is 11.8. The summed E-state index contributed by atoms with van der Waals surface area (Å²) in [5, 5.41) is 12.3. The number of aromatic nitrogens is 1. The molecular weight excluding hydrogens is 275 g/mol. The van der Waals surface area contributed by atoms with Gasteiger partial charge in [-0.1, -0.05) is 0 Å². The molecule has 5 nitrogen and oxygen atoms in total. The Morgan fingerprint density at radius 2 is 2.10 bits per heavy atom. The van der Waals surface area contributed by atoms with Gasteiger partial charge in [-0.3, -0.25) is 9.59 Å². The van der Waals surface area contributed by atoms with Gasteiger partial charge in [0.15, 0.2) is 0 Å². The molecule has 1 heterocycles. The number of aliphatic carboxylic acids is 1. The van der Waals surface area contributed by atoms with Crippen LogP contribution >= 0.6 is 0 Å². The molecule has 0 bridgehead atoms. The lowest BCUT2D eigenvalue weighted by Gasteiger charge is -2.17. The van der Waals surface area contributed by atoms with E-state index in [0.29, 0.717) is 5.52 Å². The van der Waals surface area contributed by atoms with E-state index in [1.54, 1.807) is 26.1 Å². The summed E-state index contributed by atoms with van der Waals surface area (Å²) >= 11 is 0. The Labute approximate surface area is 121 Å². The summed E-state index contributed by atoms with van der Waals surface area (Å²) in [6.45, 7) is 3.20. The molecule has 2 aromatic rings. The fraction of sp³-hybridized carbons (Fsp3) is 0.333. The first-order valence-electron chi connectivity index (χ1n) is 6.66. The summed E-state index contributed by atoms with van der Waals surface area (Å²) < 4.78 is 13.1. The van der Waals surface area contributed by atoms with Crippen LogP contribution in [-0.4, -0.2) is 28.0 Å². The molecule has 0 aliphatic rings. The number of carbonyl (C=O) groups excluding carboxylic acids is 1. The summed E-state index contributed by atoms with van der Waals surface area (Å²) in [5.41, 5.74) is 1.38. The number of fused-ring (bicyclic) bond motifs is 1. The molecule has 0 fully saturated rings. The van der Waals surface area contributed by atoms with Gasteiger partial charge < -0.3 is 15.4 Å². The Kier molecular flexibility index (Phi) is 4.26. The Morgan fingerprint density at radius 3 is 2.76 bits per heavy atom. The predicted octanol–water partition coefficient (Wildman–Crippen LogP) is 2.07. The lowest BCUT2D eigenvalue weighted by atomic mass is 10.0. The van der Waals surface area contributed by atoms with Crippen LogP contribution in [0.4, 0.5) is 4.39 Å².